The van der Waals surface area contributed by atoms with Gasteiger partial charge >= 0.3 is 5.97 Å². The number of piperidine rings is 3. The van der Waals surface area contributed by atoms with Crippen LogP contribution in [0.15, 0.2) is 35.9 Å². The molecule has 6 rings (SSSR count). The van der Waals surface area contributed by atoms with E-state index in [2.05, 4.69) is 17.0 Å². The molecule has 1 aromatic rings. The summed E-state index contributed by atoms with van der Waals surface area (Å²) in [5, 5.41) is 0. The van der Waals surface area contributed by atoms with E-state index in [1.165, 1.54) is 12.7 Å². The van der Waals surface area contributed by atoms with Crippen LogP contribution in [0.3, 0.4) is 0 Å². The first kappa shape index (κ1) is 16.1. The van der Waals surface area contributed by atoms with Crippen molar-refractivity contribution in [2.24, 2.45) is 11.8 Å². The fourth-order valence-electron chi connectivity index (χ4n) is 6.31. The van der Waals surface area contributed by atoms with Gasteiger partial charge in [0.1, 0.15) is 0 Å². The van der Waals surface area contributed by atoms with Gasteiger partial charge in [0, 0.05) is 31.4 Å². The van der Waals surface area contributed by atoms with Gasteiger partial charge in [-0.05, 0) is 37.3 Å². The average Bonchev–Trinajstić information content (AvgIpc) is 3.05. The molecule has 0 aromatic heterocycles. The lowest BCUT2D eigenvalue weighted by molar-refractivity contribution is -0.153. The summed E-state index contributed by atoms with van der Waals surface area (Å²) in [6.45, 7) is 2.91. The Morgan fingerprint density at radius 2 is 2.12 bits per heavy atom. The lowest BCUT2D eigenvalue weighted by Crippen LogP contribution is -2.60. The fraction of sp³-hybridized carbons (Fsp3) is 0.524. The summed E-state index contributed by atoms with van der Waals surface area (Å²) in [5.74, 6) is 0.0789. The number of nitrogens with zero attached hydrogens (tertiary/aromatic N) is 2. The largest absolute Gasteiger partial charge is 0.469 e. The Labute approximate surface area is 153 Å². The minimum atomic E-state index is -0.518. The summed E-state index contributed by atoms with van der Waals surface area (Å²) in [6, 6.07) is 8.41. The van der Waals surface area contributed by atoms with Crippen LogP contribution in [-0.2, 0) is 19.7 Å². The number of hydrogen-bond donors (Lipinski definition) is 0. The number of esters is 1. The highest BCUT2D eigenvalue weighted by molar-refractivity contribution is 6.09. The van der Waals surface area contributed by atoms with Crippen molar-refractivity contribution in [3.8, 4) is 0 Å². The lowest BCUT2D eigenvalue weighted by Gasteiger charge is -2.51. The average molecular weight is 352 g/mol. The molecule has 1 amide bonds. The highest BCUT2D eigenvalue weighted by Crippen LogP contribution is 2.61. The molecule has 5 heteroatoms. The van der Waals surface area contributed by atoms with Crippen LogP contribution in [0, 0.1) is 11.8 Å². The standard InChI is InChI=1S/C21H24N2O3/c1-4-12-11-23-16-10-21(17(23)9-13(12)18(16)19(24)26-3)14-7-5-6-8-15(14)22(2)20(21)25/h4-8,13,16-18H,9-11H2,1-3H3/b12-4+/t13-,16-,17-,18?,21-/m0/s1. The maximum absolute atomic E-state index is 13.5. The molecule has 5 aliphatic rings. The van der Waals surface area contributed by atoms with Crippen LogP contribution >= 0.6 is 0 Å². The molecule has 1 aromatic carbocycles. The van der Waals surface area contributed by atoms with E-state index in [0.717, 1.165) is 24.2 Å². The number of ether oxygens (including phenoxy) is 1. The number of carbonyl (C=O) groups excluding carboxylic acids is 2. The fourth-order valence-corrected chi connectivity index (χ4v) is 6.31. The molecule has 5 aliphatic heterocycles. The zero-order valence-electron chi connectivity index (χ0n) is 15.4. The molecule has 4 bridgehead atoms. The van der Waals surface area contributed by atoms with Gasteiger partial charge in [0.05, 0.1) is 18.4 Å². The van der Waals surface area contributed by atoms with E-state index in [9.17, 15) is 9.59 Å². The molecule has 26 heavy (non-hydrogen) atoms. The third-order valence-corrected chi connectivity index (χ3v) is 7.37. The number of amides is 1. The molecule has 5 heterocycles. The molecule has 1 spiro atoms. The molecule has 0 N–H and O–H groups in total. The summed E-state index contributed by atoms with van der Waals surface area (Å²) < 4.78 is 5.17. The number of benzene rings is 1. The van der Waals surface area contributed by atoms with Crippen LogP contribution < -0.4 is 4.90 Å². The van der Waals surface area contributed by atoms with E-state index >= 15 is 0 Å². The minimum Gasteiger partial charge on any atom is -0.469 e. The molecule has 2 unspecified atom stereocenters. The van der Waals surface area contributed by atoms with Crippen LogP contribution in [-0.4, -0.2) is 49.6 Å². The summed E-state index contributed by atoms with van der Waals surface area (Å²) in [6.07, 6.45) is 3.71. The number of likely N-dealkylation sites (N-methyl/N-ethyl adjacent to an activating group) is 1. The maximum atomic E-state index is 13.5. The third kappa shape index (κ3) is 1.65. The van der Waals surface area contributed by atoms with E-state index < -0.39 is 5.41 Å². The number of rotatable bonds is 1. The van der Waals surface area contributed by atoms with E-state index in [1.807, 2.05) is 37.1 Å². The number of para-hydroxylation sites is 1. The maximum Gasteiger partial charge on any atom is 0.310 e. The Hall–Kier alpha value is -2.14. The number of methoxy groups -OCH3 is 1. The topological polar surface area (TPSA) is 49.9 Å². The first-order valence-electron chi connectivity index (χ1n) is 9.41. The number of carbonyl (C=O) groups is 2. The number of hydrogen-bond acceptors (Lipinski definition) is 4. The predicted octanol–water partition coefficient (Wildman–Crippen LogP) is 2.11. The summed E-state index contributed by atoms with van der Waals surface area (Å²) in [5.41, 5.74) is 2.95. The van der Waals surface area contributed by atoms with Crippen LogP contribution in [0.2, 0.25) is 0 Å². The summed E-state index contributed by atoms with van der Waals surface area (Å²) in [7, 11) is 3.35. The molecule has 4 saturated heterocycles. The van der Waals surface area contributed by atoms with Gasteiger partial charge in [-0.1, -0.05) is 29.8 Å². The molecular weight excluding hydrogens is 328 g/mol. The van der Waals surface area contributed by atoms with E-state index in [0.29, 0.717) is 6.42 Å². The van der Waals surface area contributed by atoms with Crippen molar-refractivity contribution < 1.29 is 14.3 Å². The van der Waals surface area contributed by atoms with E-state index in [4.69, 9.17) is 4.74 Å². The van der Waals surface area contributed by atoms with Crippen molar-refractivity contribution in [3.63, 3.8) is 0 Å². The normalized spacial score (nSPS) is 41.2. The zero-order chi connectivity index (χ0) is 18.2. The number of allylic oxidation sites excluding steroid dienone is 1. The Balaban J connectivity index is 1.67. The second-order valence-corrected chi connectivity index (χ2v) is 8.07. The highest BCUT2D eigenvalue weighted by atomic mass is 16.5. The van der Waals surface area contributed by atoms with Gasteiger partial charge in [-0.3, -0.25) is 14.5 Å². The monoisotopic (exact) mass is 352 g/mol. The van der Waals surface area contributed by atoms with Gasteiger partial charge < -0.3 is 9.64 Å². The van der Waals surface area contributed by atoms with Crippen molar-refractivity contribution >= 4 is 17.6 Å². The van der Waals surface area contributed by atoms with E-state index in [1.54, 1.807) is 0 Å². The third-order valence-electron chi connectivity index (χ3n) is 7.37. The zero-order valence-corrected chi connectivity index (χ0v) is 15.4. The second kappa shape index (κ2) is 5.19. The number of fused-ring (bicyclic) bond motifs is 3. The Kier molecular flexibility index (Phi) is 3.21. The first-order chi connectivity index (χ1) is 12.5. The lowest BCUT2D eigenvalue weighted by atomic mass is 9.69. The van der Waals surface area contributed by atoms with Crippen LogP contribution in [0.5, 0.6) is 0 Å². The molecule has 6 atom stereocenters. The summed E-state index contributed by atoms with van der Waals surface area (Å²) >= 11 is 0. The van der Waals surface area contributed by atoms with Crippen LogP contribution in [0.1, 0.15) is 25.3 Å². The summed E-state index contributed by atoms with van der Waals surface area (Å²) in [4.78, 5) is 30.3. The molecular formula is C21H24N2O3. The van der Waals surface area contributed by atoms with Gasteiger partial charge in [0.25, 0.3) is 0 Å². The van der Waals surface area contributed by atoms with Crippen molar-refractivity contribution in [2.45, 2.75) is 37.3 Å². The van der Waals surface area contributed by atoms with Gasteiger partial charge in [-0.15, -0.1) is 0 Å². The van der Waals surface area contributed by atoms with Gasteiger partial charge in [-0.2, -0.15) is 0 Å². The van der Waals surface area contributed by atoms with Gasteiger partial charge in [-0.25, -0.2) is 0 Å². The van der Waals surface area contributed by atoms with Crippen molar-refractivity contribution in [1.29, 1.82) is 0 Å². The van der Waals surface area contributed by atoms with Crippen molar-refractivity contribution in [2.75, 3.05) is 25.6 Å². The highest BCUT2D eigenvalue weighted by Gasteiger charge is 2.69. The van der Waals surface area contributed by atoms with Gasteiger partial charge in [0.2, 0.25) is 5.91 Å². The van der Waals surface area contributed by atoms with Crippen molar-refractivity contribution in [3.05, 3.63) is 41.5 Å². The first-order valence-corrected chi connectivity index (χ1v) is 9.41. The Morgan fingerprint density at radius 3 is 2.85 bits per heavy atom. The SMILES string of the molecule is C/C=C1\CN2[C@H]3C[C@@H]1C(C(=O)OC)[C@@H]2C[C@@]31C(=O)N(C)c2ccccc21. The molecule has 5 nitrogen and oxygen atoms in total. The van der Waals surface area contributed by atoms with Crippen LogP contribution in [0.25, 0.3) is 0 Å². The molecule has 0 aliphatic carbocycles. The molecule has 136 valence electrons. The van der Waals surface area contributed by atoms with Crippen LogP contribution in [0.4, 0.5) is 5.69 Å². The van der Waals surface area contributed by atoms with Crippen molar-refractivity contribution in [1.82, 2.24) is 4.90 Å². The minimum absolute atomic E-state index is 0.0819. The molecule has 0 saturated carbocycles. The Morgan fingerprint density at radius 1 is 1.35 bits per heavy atom. The number of anilines is 1. The predicted molar refractivity (Wildman–Crippen MR) is 97.8 cm³/mol. The van der Waals surface area contributed by atoms with Gasteiger partial charge in [0.15, 0.2) is 0 Å². The second-order valence-electron chi connectivity index (χ2n) is 8.07. The smallest absolute Gasteiger partial charge is 0.310 e. The quantitative estimate of drug-likeness (QED) is 0.574. The van der Waals surface area contributed by atoms with E-state index in [-0.39, 0.29) is 35.8 Å². The molecule has 4 fully saturated rings. The Bertz CT molecular complexity index is 847. The molecule has 0 radical (unpaired) electrons.